The van der Waals surface area contributed by atoms with Crippen molar-refractivity contribution in [3.05, 3.63) is 29.9 Å². The predicted molar refractivity (Wildman–Crippen MR) is 56.1 cm³/mol. The minimum Gasteiger partial charge on any atom is -0.423 e. The molecule has 1 aromatic heterocycles. The summed E-state index contributed by atoms with van der Waals surface area (Å²) in [4.78, 5) is 2.31. The normalized spacial score (nSPS) is 14.3. The average Bonchev–Trinajstić information content (AvgIpc) is 2.50. The van der Waals surface area contributed by atoms with Crippen LogP contribution in [0.15, 0.2) is 33.7 Å². The summed E-state index contributed by atoms with van der Waals surface area (Å²) >= 11 is 0. The number of aromatic nitrogens is 1. The fourth-order valence-electron chi connectivity index (χ4n) is 1.45. The molecule has 5 nitrogen and oxygen atoms in total. The van der Waals surface area contributed by atoms with Crippen molar-refractivity contribution in [3.63, 3.8) is 0 Å². The molecule has 0 saturated carbocycles. The number of benzene rings is 1. The van der Waals surface area contributed by atoms with E-state index in [0.29, 0.717) is 3.97 Å². The van der Waals surface area contributed by atoms with Gasteiger partial charge in [-0.3, -0.25) is 0 Å². The smallest absolute Gasteiger partial charge is 0.423 e. The molecule has 0 atom stereocenters. The van der Waals surface area contributed by atoms with Gasteiger partial charge >= 0.3 is 12.0 Å². The maximum Gasteiger partial charge on any atom is 0.507 e. The maximum atomic E-state index is 12.2. The summed E-state index contributed by atoms with van der Waals surface area (Å²) in [5.41, 5.74) is -1.01. The van der Waals surface area contributed by atoms with Crippen LogP contribution >= 0.6 is 0 Å². The molecular formula is C9H7F3N2O3S. The van der Waals surface area contributed by atoms with Crippen LogP contribution in [-0.2, 0) is 10.0 Å². The van der Waals surface area contributed by atoms with Crippen LogP contribution in [0.2, 0.25) is 0 Å². The summed E-state index contributed by atoms with van der Waals surface area (Å²) in [6.07, 6.45) is -4.15. The molecule has 18 heavy (non-hydrogen) atoms. The Hall–Kier alpha value is -1.77. The Labute approximate surface area is 99.2 Å². The summed E-state index contributed by atoms with van der Waals surface area (Å²) in [5.74, 6) is 0. The Morgan fingerprint density at radius 1 is 1.28 bits per heavy atom. The van der Waals surface area contributed by atoms with Gasteiger partial charge in [0.25, 0.3) is 0 Å². The van der Waals surface area contributed by atoms with Gasteiger partial charge in [0, 0.05) is 0 Å². The van der Waals surface area contributed by atoms with Gasteiger partial charge in [-0.1, -0.05) is 12.1 Å². The van der Waals surface area contributed by atoms with Crippen LogP contribution in [0.3, 0.4) is 0 Å². The molecule has 0 spiro atoms. The molecule has 1 heterocycles. The molecule has 0 aliphatic carbocycles. The SMILES string of the molecule is CS(=O)(=O)n1c(=NC(F)(F)F)oc2ccccc21. The highest BCUT2D eigenvalue weighted by Crippen LogP contribution is 2.17. The molecule has 0 radical (unpaired) electrons. The van der Waals surface area contributed by atoms with Gasteiger partial charge in [-0.15, -0.1) is 18.2 Å². The first-order valence-electron chi connectivity index (χ1n) is 4.62. The standard InChI is InChI=1S/C9H7F3N2O3S/c1-18(15,16)14-6-4-2-3-5-7(6)17-8(14)13-9(10,11)12/h2-5H,1H3. The lowest BCUT2D eigenvalue weighted by Gasteiger charge is -2.00. The van der Waals surface area contributed by atoms with Crippen LogP contribution in [0, 0.1) is 0 Å². The zero-order chi connectivity index (χ0) is 13.6. The van der Waals surface area contributed by atoms with Crippen LogP contribution in [0.25, 0.3) is 11.1 Å². The Morgan fingerprint density at radius 2 is 1.89 bits per heavy atom. The van der Waals surface area contributed by atoms with Gasteiger partial charge < -0.3 is 4.42 Å². The number of rotatable bonds is 1. The second kappa shape index (κ2) is 3.87. The number of halogens is 3. The van der Waals surface area contributed by atoms with Crippen molar-refractivity contribution in [2.75, 3.05) is 6.26 Å². The van der Waals surface area contributed by atoms with Gasteiger partial charge in [0.15, 0.2) is 5.58 Å². The van der Waals surface area contributed by atoms with Crippen molar-refractivity contribution >= 4 is 21.1 Å². The van der Waals surface area contributed by atoms with Crippen molar-refractivity contribution in [2.24, 2.45) is 4.99 Å². The third-order valence-electron chi connectivity index (χ3n) is 2.01. The Kier molecular flexibility index (Phi) is 2.73. The van der Waals surface area contributed by atoms with E-state index in [1.54, 1.807) is 0 Å². The number of oxazole rings is 1. The lowest BCUT2D eigenvalue weighted by molar-refractivity contribution is -0.125. The second-order valence-corrected chi connectivity index (χ2v) is 5.29. The zero-order valence-corrected chi connectivity index (χ0v) is 9.79. The number of para-hydroxylation sites is 2. The summed E-state index contributed by atoms with van der Waals surface area (Å²) < 4.78 is 64.8. The van der Waals surface area contributed by atoms with Gasteiger partial charge in [-0.2, -0.15) is 3.97 Å². The molecule has 0 amide bonds. The Morgan fingerprint density at radius 3 is 2.44 bits per heavy atom. The highest BCUT2D eigenvalue weighted by atomic mass is 32.2. The topological polar surface area (TPSA) is 64.6 Å². The molecule has 98 valence electrons. The minimum absolute atomic E-state index is 0.00278. The molecule has 0 aliphatic heterocycles. The minimum atomic E-state index is -4.92. The largest absolute Gasteiger partial charge is 0.507 e. The zero-order valence-electron chi connectivity index (χ0n) is 8.97. The molecule has 0 aliphatic rings. The van der Waals surface area contributed by atoms with Crippen LogP contribution < -0.4 is 5.68 Å². The molecular weight excluding hydrogens is 273 g/mol. The number of alkyl halides is 3. The van der Waals surface area contributed by atoms with Crippen molar-refractivity contribution in [1.29, 1.82) is 0 Å². The molecule has 2 aromatic rings. The number of fused-ring (bicyclic) bond motifs is 1. The lowest BCUT2D eigenvalue weighted by Crippen LogP contribution is -2.26. The molecule has 0 unspecified atom stereocenters. The molecule has 9 heteroatoms. The summed E-state index contributed by atoms with van der Waals surface area (Å²) in [5, 5.41) is 0. The van der Waals surface area contributed by atoms with Crippen LogP contribution in [0.5, 0.6) is 0 Å². The van der Waals surface area contributed by atoms with E-state index < -0.39 is 22.0 Å². The van der Waals surface area contributed by atoms with E-state index in [4.69, 9.17) is 4.42 Å². The first kappa shape index (κ1) is 12.7. The quantitative estimate of drug-likeness (QED) is 0.743. The van der Waals surface area contributed by atoms with E-state index in [0.717, 1.165) is 6.26 Å². The molecule has 0 bridgehead atoms. The van der Waals surface area contributed by atoms with Crippen LogP contribution in [-0.4, -0.2) is 24.9 Å². The van der Waals surface area contributed by atoms with Gasteiger partial charge in [-0.05, 0) is 12.1 Å². The first-order valence-corrected chi connectivity index (χ1v) is 6.47. The lowest BCUT2D eigenvalue weighted by atomic mass is 10.3. The molecule has 0 fully saturated rings. The number of nitrogens with zero attached hydrogens (tertiary/aromatic N) is 2. The number of hydrogen-bond acceptors (Lipinski definition) is 4. The van der Waals surface area contributed by atoms with Gasteiger partial charge in [-0.25, -0.2) is 8.42 Å². The van der Waals surface area contributed by atoms with E-state index in [1.165, 1.54) is 24.3 Å². The van der Waals surface area contributed by atoms with E-state index in [-0.39, 0.29) is 11.1 Å². The maximum absolute atomic E-state index is 12.2. The van der Waals surface area contributed by atoms with E-state index in [9.17, 15) is 21.6 Å². The third kappa shape index (κ3) is 2.40. The van der Waals surface area contributed by atoms with Crippen molar-refractivity contribution in [1.82, 2.24) is 3.97 Å². The van der Waals surface area contributed by atoms with Crippen molar-refractivity contribution < 1.29 is 26.0 Å². The average molecular weight is 280 g/mol. The van der Waals surface area contributed by atoms with E-state index >= 15 is 0 Å². The first-order chi connectivity index (χ1) is 8.18. The van der Waals surface area contributed by atoms with Crippen LogP contribution in [0.4, 0.5) is 13.2 Å². The number of hydrogen-bond donors (Lipinski definition) is 0. The van der Waals surface area contributed by atoms with Gasteiger partial charge in [0.2, 0.25) is 10.0 Å². The summed E-state index contributed by atoms with van der Waals surface area (Å²) in [6.45, 7) is 0. The third-order valence-corrected chi connectivity index (χ3v) is 3.03. The molecule has 1 aromatic carbocycles. The van der Waals surface area contributed by atoms with Crippen molar-refractivity contribution in [3.8, 4) is 0 Å². The van der Waals surface area contributed by atoms with Gasteiger partial charge in [0.05, 0.1) is 6.26 Å². The van der Waals surface area contributed by atoms with E-state index in [1.807, 2.05) is 0 Å². The Bertz CT molecular complexity index is 755. The monoisotopic (exact) mass is 280 g/mol. The fourth-order valence-corrected chi connectivity index (χ4v) is 2.32. The second-order valence-electron chi connectivity index (χ2n) is 3.46. The molecule has 0 N–H and O–H groups in total. The highest BCUT2D eigenvalue weighted by molar-refractivity contribution is 7.89. The molecule has 0 saturated heterocycles. The van der Waals surface area contributed by atoms with Crippen molar-refractivity contribution in [2.45, 2.75) is 6.30 Å². The van der Waals surface area contributed by atoms with Gasteiger partial charge in [0.1, 0.15) is 5.52 Å². The predicted octanol–water partition coefficient (Wildman–Crippen LogP) is 1.46. The Balaban J connectivity index is 2.95. The summed E-state index contributed by atoms with van der Waals surface area (Å²) in [6, 6.07) is 5.68. The highest BCUT2D eigenvalue weighted by Gasteiger charge is 2.28. The molecule has 2 rings (SSSR count). The van der Waals surface area contributed by atoms with Crippen LogP contribution in [0.1, 0.15) is 0 Å². The van der Waals surface area contributed by atoms with E-state index in [2.05, 4.69) is 4.99 Å². The summed E-state index contributed by atoms with van der Waals surface area (Å²) in [7, 11) is -3.96. The fraction of sp³-hybridized carbons (Fsp3) is 0.222.